The molecule has 2 heterocycles. The van der Waals surface area contributed by atoms with Crippen molar-refractivity contribution in [2.45, 2.75) is 32.8 Å². The maximum atomic E-state index is 9.50. The number of aliphatic hydroxyl groups is 1. The molecule has 0 amide bonds. The van der Waals surface area contributed by atoms with Crippen molar-refractivity contribution in [2.24, 2.45) is 0 Å². The van der Waals surface area contributed by atoms with Crippen LogP contribution in [0.25, 0.3) is 11.5 Å². The van der Waals surface area contributed by atoms with E-state index in [1.165, 1.54) is 0 Å². The minimum Gasteiger partial charge on any atom is -0.393 e. The largest absolute Gasteiger partial charge is 0.393 e. The quantitative estimate of drug-likeness (QED) is 0.871. The molecule has 2 aromatic rings. The molecular formula is C12H15N3O2. The molecule has 0 aliphatic carbocycles. The standard InChI is InChI=1S/C12H15N3O2/c1-3-9(16)7-10-14-12(15-17-10)11-8(2)5-4-6-13-11/h4-6,9,16H,3,7H2,1-2H3. The Morgan fingerprint density at radius 2 is 2.29 bits per heavy atom. The van der Waals surface area contributed by atoms with Gasteiger partial charge in [-0.3, -0.25) is 4.98 Å². The van der Waals surface area contributed by atoms with Crippen molar-refractivity contribution in [1.82, 2.24) is 15.1 Å². The van der Waals surface area contributed by atoms with Gasteiger partial charge in [0, 0.05) is 6.20 Å². The minimum absolute atomic E-state index is 0.384. The number of hydrogen-bond donors (Lipinski definition) is 1. The summed E-state index contributed by atoms with van der Waals surface area (Å²) in [5, 5.41) is 13.4. The van der Waals surface area contributed by atoms with E-state index in [1.807, 2.05) is 26.0 Å². The topological polar surface area (TPSA) is 72.0 Å². The number of aliphatic hydroxyl groups excluding tert-OH is 1. The molecule has 0 aliphatic rings. The van der Waals surface area contributed by atoms with Crippen LogP contribution in [-0.2, 0) is 6.42 Å². The van der Waals surface area contributed by atoms with Gasteiger partial charge in [0.15, 0.2) is 0 Å². The Labute approximate surface area is 99.5 Å². The van der Waals surface area contributed by atoms with Crippen molar-refractivity contribution >= 4 is 0 Å². The smallest absolute Gasteiger partial charge is 0.229 e. The summed E-state index contributed by atoms with van der Waals surface area (Å²) in [4.78, 5) is 8.44. The summed E-state index contributed by atoms with van der Waals surface area (Å²) in [7, 11) is 0. The molecule has 5 nitrogen and oxygen atoms in total. The van der Waals surface area contributed by atoms with E-state index in [9.17, 15) is 5.11 Å². The molecular weight excluding hydrogens is 218 g/mol. The highest BCUT2D eigenvalue weighted by atomic mass is 16.5. The monoisotopic (exact) mass is 233 g/mol. The average Bonchev–Trinajstić information content (AvgIpc) is 2.78. The molecule has 0 saturated heterocycles. The Kier molecular flexibility index (Phi) is 3.49. The third-order valence-electron chi connectivity index (χ3n) is 2.57. The van der Waals surface area contributed by atoms with Crippen molar-refractivity contribution in [3.63, 3.8) is 0 Å². The predicted octanol–water partition coefficient (Wildman–Crippen LogP) is 1.75. The highest BCUT2D eigenvalue weighted by Gasteiger charge is 2.13. The van der Waals surface area contributed by atoms with Crippen LogP contribution in [0.5, 0.6) is 0 Å². The van der Waals surface area contributed by atoms with Crippen LogP contribution in [0.1, 0.15) is 24.8 Å². The minimum atomic E-state index is -0.437. The van der Waals surface area contributed by atoms with Gasteiger partial charge in [-0.1, -0.05) is 18.1 Å². The average molecular weight is 233 g/mol. The van der Waals surface area contributed by atoms with E-state index in [0.717, 1.165) is 5.56 Å². The second-order valence-electron chi connectivity index (χ2n) is 3.95. The number of nitrogens with zero attached hydrogens (tertiary/aromatic N) is 3. The van der Waals surface area contributed by atoms with Gasteiger partial charge >= 0.3 is 0 Å². The van der Waals surface area contributed by atoms with Crippen LogP contribution in [0.4, 0.5) is 0 Å². The summed E-state index contributed by atoms with van der Waals surface area (Å²) in [5.74, 6) is 0.917. The molecule has 0 radical (unpaired) electrons. The zero-order chi connectivity index (χ0) is 12.3. The molecule has 1 N–H and O–H groups in total. The van der Waals surface area contributed by atoms with Gasteiger partial charge in [0.1, 0.15) is 5.69 Å². The third kappa shape index (κ3) is 2.68. The van der Waals surface area contributed by atoms with E-state index in [1.54, 1.807) is 6.20 Å². The Bertz CT molecular complexity index is 496. The summed E-state index contributed by atoms with van der Waals surface area (Å²) in [5.41, 5.74) is 1.71. The Morgan fingerprint density at radius 3 is 3.00 bits per heavy atom. The molecule has 0 saturated carbocycles. The first-order valence-corrected chi connectivity index (χ1v) is 5.63. The first-order valence-electron chi connectivity index (χ1n) is 5.63. The van der Waals surface area contributed by atoms with Crippen LogP contribution in [-0.4, -0.2) is 26.3 Å². The lowest BCUT2D eigenvalue weighted by Gasteiger charge is -2.01. The SMILES string of the molecule is CCC(O)Cc1nc(-c2ncccc2C)no1. The Hall–Kier alpha value is -1.75. The van der Waals surface area contributed by atoms with Gasteiger partial charge in [-0.25, -0.2) is 0 Å². The number of aromatic nitrogens is 3. The fraction of sp³-hybridized carbons (Fsp3) is 0.417. The van der Waals surface area contributed by atoms with Crippen molar-refractivity contribution in [2.75, 3.05) is 0 Å². The van der Waals surface area contributed by atoms with E-state index in [0.29, 0.717) is 30.3 Å². The molecule has 0 bridgehead atoms. The van der Waals surface area contributed by atoms with E-state index in [4.69, 9.17) is 4.52 Å². The molecule has 0 aromatic carbocycles. The fourth-order valence-electron chi connectivity index (χ4n) is 1.50. The normalized spacial score (nSPS) is 12.6. The highest BCUT2D eigenvalue weighted by Crippen LogP contribution is 2.17. The van der Waals surface area contributed by atoms with Gasteiger partial charge in [-0.15, -0.1) is 0 Å². The van der Waals surface area contributed by atoms with Gasteiger partial charge in [0.2, 0.25) is 11.7 Å². The summed E-state index contributed by atoms with van der Waals surface area (Å²) in [6, 6.07) is 3.81. The van der Waals surface area contributed by atoms with Gasteiger partial charge in [-0.2, -0.15) is 4.98 Å². The Morgan fingerprint density at radius 1 is 1.47 bits per heavy atom. The first kappa shape index (κ1) is 11.7. The fourth-order valence-corrected chi connectivity index (χ4v) is 1.50. The molecule has 90 valence electrons. The summed E-state index contributed by atoms with van der Waals surface area (Å²) in [6.45, 7) is 3.85. The summed E-state index contributed by atoms with van der Waals surface area (Å²) < 4.78 is 5.09. The van der Waals surface area contributed by atoms with Gasteiger partial charge in [0.05, 0.1) is 12.5 Å². The van der Waals surface area contributed by atoms with E-state index < -0.39 is 6.10 Å². The van der Waals surface area contributed by atoms with E-state index in [-0.39, 0.29) is 0 Å². The van der Waals surface area contributed by atoms with Crippen molar-refractivity contribution in [3.8, 4) is 11.5 Å². The molecule has 1 unspecified atom stereocenters. The van der Waals surface area contributed by atoms with Gasteiger partial charge < -0.3 is 9.63 Å². The number of pyridine rings is 1. The van der Waals surface area contributed by atoms with Crippen LogP contribution in [0.3, 0.4) is 0 Å². The van der Waals surface area contributed by atoms with E-state index >= 15 is 0 Å². The predicted molar refractivity (Wildman–Crippen MR) is 62.3 cm³/mol. The third-order valence-corrected chi connectivity index (χ3v) is 2.57. The second kappa shape index (κ2) is 5.05. The van der Waals surface area contributed by atoms with Crippen LogP contribution >= 0.6 is 0 Å². The number of hydrogen-bond acceptors (Lipinski definition) is 5. The van der Waals surface area contributed by atoms with Crippen LogP contribution < -0.4 is 0 Å². The first-order chi connectivity index (χ1) is 8.20. The number of rotatable bonds is 4. The molecule has 2 rings (SSSR count). The molecule has 1 atom stereocenters. The lowest BCUT2D eigenvalue weighted by molar-refractivity contribution is 0.158. The second-order valence-corrected chi connectivity index (χ2v) is 3.95. The molecule has 0 spiro atoms. The zero-order valence-corrected chi connectivity index (χ0v) is 9.92. The van der Waals surface area contributed by atoms with E-state index in [2.05, 4.69) is 15.1 Å². The van der Waals surface area contributed by atoms with Gasteiger partial charge in [-0.05, 0) is 25.0 Å². The molecule has 0 fully saturated rings. The molecule has 2 aromatic heterocycles. The lowest BCUT2D eigenvalue weighted by atomic mass is 10.2. The van der Waals surface area contributed by atoms with Crippen molar-refractivity contribution in [1.29, 1.82) is 0 Å². The maximum absolute atomic E-state index is 9.50. The summed E-state index contributed by atoms with van der Waals surface area (Å²) in [6.07, 6.45) is 2.31. The highest BCUT2D eigenvalue weighted by molar-refractivity contribution is 5.53. The van der Waals surface area contributed by atoms with Crippen LogP contribution in [0.2, 0.25) is 0 Å². The summed E-state index contributed by atoms with van der Waals surface area (Å²) >= 11 is 0. The number of aryl methyl sites for hydroxylation is 1. The van der Waals surface area contributed by atoms with Crippen LogP contribution in [0, 0.1) is 6.92 Å². The zero-order valence-electron chi connectivity index (χ0n) is 9.92. The van der Waals surface area contributed by atoms with Gasteiger partial charge in [0.25, 0.3) is 0 Å². The molecule has 0 aliphatic heterocycles. The van der Waals surface area contributed by atoms with Crippen molar-refractivity contribution in [3.05, 3.63) is 29.8 Å². The Balaban J connectivity index is 2.21. The molecule has 5 heteroatoms. The van der Waals surface area contributed by atoms with Crippen LogP contribution in [0.15, 0.2) is 22.9 Å². The maximum Gasteiger partial charge on any atom is 0.229 e. The lowest BCUT2D eigenvalue weighted by Crippen LogP contribution is -2.08. The van der Waals surface area contributed by atoms with Crippen molar-refractivity contribution < 1.29 is 9.63 Å². The molecule has 17 heavy (non-hydrogen) atoms.